The van der Waals surface area contributed by atoms with Gasteiger partial charge in [0.2, 0.25) is 5.91 Å². The van der Waals surface area contributed by atoms with Gasteiger partial charge in [0.05, 0.1) is 19.2 Å². The Morgan fingerprint density at radius 1 is 1.19 bits per heavy atom. The van der Waals surface area contributed by atoms with E-state index in [9.17, 15) is 9.18 Å². The number of halogens is 2. The Balaban J connectivity index is 0.00000272. The van der Waals surface area contributed by atoms with Crippen molar-refractivity contribution in [1.29, 1.82) is 0 Å². The molecule has 0 saturated carbocycles. The zero-order valence-corrected chi connectivity index (χ0v) is 20.1. The average molecular weight is 538 g/mol. The predicted molar refractivity (Wildman–Crippen MR) is 131 cm³/mol. The highest BCUT2D eigenvalue weighted by Crippen LogP contribution is 2.28. The first-order valence-electron chi connectivity index (χ1n) is 10.3. The van der Waals surface area contributed by atoms with E-state index in [4.69, 9.17) is 4.74 Å². The minimum Gasteiger partial charge on any atom is -0.367 e. The van der Waals surface area contributed by atoms with Crippen LogP contribution in [0.1, 0.15) is 24.2 Å². The number of rotatable bonds is 3. The number of amides is 1. The fraction of sp³-hybridized carbons (Fsp3) is 0.391. The van der Waals surface area contributed by atoms with E-state index in [1.807, 2.05) is 30.0 Å². The van der Waals surface area contributed by atoms with Crippen LogP contribution in [0.3, 0.4) is 0 Å². The molecule has 1 fully saturated rings. The summed E-state index contributed by atoms with van der Waals surface area (Å²) in [6.45, 7) is 4.13. The third-order valence-corrected chi connectivity index (χ3v) is 5.60. The monoisotopic (exact) mass is 538 g/mol. The number of carbonyl (C=O) groups excluding carboxylic acids is 1. The number of fused-ring (bicyclic) bond motifs is 1. The summed E-state index contributed by atoms with van der Waals surface area (Å²) in [5, 5.41) is 3.22. The van der Waals surface area contributed by atoms with Gasteiger partial charge in [0.25, 0.3) is 0 Å². The number of para-hydroxylation sites is 1. The first-order chi connectivity index (χ1) is 14.5. The van der Waals surface area contributed by atoms with E-state index in [0.717, 1.165) is 17.7 Å². The standard InChI is InChI=1S/C23H27FN4O2.HI/c1-16-14-27(15-21(30-16)18-7-9-19(24)10-8-18)23(25-2)26-13-22(29)28-12-11-17-5-3-4-6-20(17)28;/h3-10,16,21H,11-15H2,1-2H3,(H,25,26);1H. The third-order valence-electron chi connectivity index (χ3n) is 5.60. The molecule has 8 heteroatoms. The van der Waals surface area contributed by atoms with Crippen molar-refractivity contribution in [1.82, 2.24) is 10.2 Å². The number of aliphatic imine (C=N–C) groups is 1. The molecule has 2 atom stereocenters. The van der Waals surface area contributed by atoms with Gasteiger partial charge in [-0.3, -0.25) is 9.79 Å². The first-order valence-corrected chi connectivity index (χ1v) is 10.3. The van der Waals surface area contributed by atoms with E-state index in [1.165, 1.54) is 17.7 Å². The zero-order valence-electron chi connectivity index (χ0n) is 17.8. The highest BCUT2D eigenvalue weighted by atomic mass is 127. The van der Waals surface area contributed by atoms with Crippen molar-refractivity contribution in [2.75, 3.05) is 38.1 Å². The molecule has 0 radical (unpaired) electrons. The van der Waals surface area contributed by atoms with Crippen molar-refractivity contribution in [2.45, 2.75) is 25.6 Å². The van der Waals surface area contributed by atoms with Gasteiger partial charge in [-0.05, 0) is 42.7 Å². The van der Waals surface area contributed by atoms with Crippen LogP contribution < -0.4 is 10.2 Å². The number of morpholine rings is 1. The highest BCUT2D eigenvalue weighted by Gasteiger charge is 2.29. The first kappa shape index (κ1) is 23.5. The third kappa shape index (κ3) is 5.35. The van der Waals surface area contributed by atoms with Gasteiger partial charge in [0.15, 0.2) is 5.96 Å². The van der Waals surface area contributed by atoms with Crippen LogP contribution in [0.4, 0.5) is 10.1 Å². The number of hydrogen-bond donors (Lipinski definition) is 1. The van der Waals surface area contributed by atoms with Gasteiger partial charge in [-0.15, -0.1) is 24.0 Å². The van der Waals surface area contributed by atoms with E-state index in [-0.39, 0.29) is 54.5 Å². The molecule has 166 valence electrons. The number of benzene rings is 2. The summed E-state index contributed by atoms with van der Waals surface area (Å²) in [4.78, 5) is 21.1. The second-order valence-electron chi connectivity index (χ2n) is 7.72. The molecular formula is C23H28FIN4O2. The average Bonchev–Trinajstić information content (AvgIpc) is 3.18. The molecule has 2 aromatic rings. The number of carbonyl (C=O) groups is 1. The van der Waals surface area contributed by atoms with Gasteiger partial charge < -0.3 is 19.9 Å². The SMILES string of the molecule is CN=C(NCC(=O)N1CCc2ccccc21)N1CC(C)OC(c2ccc(F)cc2)C1.I. The van der Waals surface area contributed by atoms with Gasteiger partial charge >= 0.3 is 0 Å². The summed E-state index contributed by atoms with van der Waals surface area (Å²) in [6.07, 6.45) is 0.680. The summed E-state index contributed by atoms with van der Waals surface area (Å²) in [5.74, 6) is 0.425. The Kier molecular flexibility index (Phi) is 7.88. The van der Waals surface area contributed by atoms with Gasteiger partial charge in [-0.2, -0.15) is 0 Å². The minimum atomic E-state index is -0.265. The Labute approximate surface area is 199 Å². The van der Waals surface area contributed by atoms with Crippen molar-refractivity contribution < 1.29 is 13.9 Å². The molecule has 1 saturated heterocycles. The van der Waals surface area contributed by atoms with Gasteiger partial charge in [-0.25, -0.2) is 4.39 Å². The van der Waals surface area contributed by atoms with Crippen LogP contribution in [0.25, 0.3) is 0 Å². The van der Waals surface area contributed by atoms with Crippen LogP contribution in [-0.4, -0.2) is 56.1 Å². The Morgan fingerprint density at radius 2 is 1.94 bits per heavy atom. The number of nitrogens with one attached hydrogen (secondary N) is 1. The maximum atomic E-state index is 13.3. The molecule has 2 aliphatic rings. The molecule has 2 heterocycles. The molecule has 4 rings (SSSR count). The maximum absolute atomic E-state index is 13.3. The van der Waals surface area contributed by atoms with Crippen molar-refractivity contribution in [3.05, 3.63) is 65.5 Å². The quantitative estimate of drug-likeness (QED) is 0.370. The molecule has 6 nitrogen and oxygen atoms in total. The van der Waals surface area contributed by atoms with Gasteiger partial charge in [0.1, 0.15) is 11.9 Å². The second-order valence-corrected chi connectivity index (χ2v) is 7.72. The van der Waals surface area contributed by atoms with E-state index < -0.39 is 0 Å². The largest absolute Gasteiger partial charge is 0.367 e. The van der Waals surface area contributed by atoms with Crippen molar-refractivity contribution >= 4 is 41.5 Å². The smallest absolute Gasteiger partial charge is 0.246 e. The molecule has 0 spiro atoms. The lowest BCUT2D eigenvalue weighted by Gasteiger charge is -2.38. The number of guanidine groups is 1. The summed E-state index contributed by atoms with van der Waals surface area (Å²) in [5.41, 5.74) is 3.13. The fourth-order valence-electron chi connectivity index (χ4n) is 4.17. The van der Waals surface area contributed by atoms with E-state index in [2.05, 4.69) is 21.3 Å². The highest BCUT2D eigenvalue weighted by molar-refractivity contribution is 14.0. The van der Waals surface area contributed by atoms with Gasteiger partial charge in [-0.1, -0.05) is 30.3 Å². The lowest BCUT2D eigenvalue weighted by atomic mass is 10.1. The van der Waals surface area contributed by atoms with Crippen LogP contribution in [0, 0.1) is 5.82 Å². The topological polar surface area (TPSA) is 57.2 Å². The Bertz CT molecular complexity index is 937. The van der Waals surface area contributed by atoms with Crippen LogP contribution in [0.2, 0.25) is 0 Å². The van der Waals surface area contributed by atoms with Crippen molar-refractivity contribution in [2.24, 2.45) is 4.99 Å². The fourth-order valence-corrected chi connectivity index (χ4v) is 4.17. The Morgan fingerprint density at radius 3 is 2.68 bits per heavy atom. The van der Waals surface area contributed by atoms with Gasteiger partial charge in [0, 0.05) is 25.8 Å². The normalized spacial score (nSPS) is 20.8. The predicted octanol–water partition coefficient (Wildman–Crippen LogP) is 3.37. The summed E-state index contributed by atoms with van der Waals surface area (Å²) >= 11 is 0. The zero-order chi connectivity index (χ0) is 21.1. The Hall–Kier alpha value is -2.20. The van der Waals surface area contributed by atoms with Crippen molar-refractivity contribution in [3.63, 3.8) is 0 Å². The molecular weight excluding hydrogens is 510 g/mol. The van der Waals surface area contributed by atoms with Crippen LogP contribution in [-0.2, 0) is 16.0 Å². The van der Waals surface area contributed by atoms with Crippen molar-refractivity contribution in [3.8, 4) is 0 Å². The second kappa shape index (κ2) is 10.4. The van der Waals surface area contributed by atoms with E-state index >= 15 is 0 Å². The van der Waals surface area contributed by atoms with E-state index in [1.54, 1.807) is 19.2 Å². The molecule has 1 N–H and O–H groups in total. The molecule has 0 bridgehead atoms. The lowest BCUT2D eigenvalue weighted by molar-refractivity contribution is -0.117. The number of hydrogen-bond acceptors (Lipinski definition) is 3. The van der Waals surface area contributed by atoms with Crippen LogP contribution in [0.15, 0.2) is 53.5 Å². The van der Waals surface area contributed by atoms with Crippen LogP contribution >= 0.6 is 24.0 Å². The molecule has 0 aliphatic carbocycles. The number of nitrogens with zero attached hydrogens (tertiary/aromatic N) is 3. The van der Waals surface area contributed by atoms with E-state index in [0.29, 0.717) is 25.6 Å². The number of anilines is 1. The van der Waals surface area contributed by atoms with Crippen LogP contribution in [0.5, 0.6) is 0 Å². The summed E-state index contributed by atoms with van der Waals surface area (Å²) < 4.78 is 19.3. The summed E-state index contributed by atoms with van der Waals surface area (Å²) in [6, 6.07) is 14.4. The molecule has 2 aliphatic heterocycles. The molecule has 1 amide bonds. The molecule has 2 unspecified atom stereocenters. The minimum absolute atomic E-state index is 0. The molecule has 2 aromatic carbocycles. The summed E-state index contributed by atoms with van der Waals surface area (Å²) in [7, 11) is 1.71. The maximum Gasteiger partial charge on any atom is 0.246 e. The lowest BCUT2D eigenvalue weighted by Crippen LogP contribution is -2.52. The number of ether oxygens (including phenoxy) is 1. The molecule has 31 heavy (non-hydrogen) atoms. The molecule has 0 aromatic heterocycles.